The number of amides is 2. The predicted octanol–water partition coefficient (Wildman–Crippen LogP) is 3.89. The van der Waals surface area contributed by atoms with Gasteiger partial charge in [-0.15, -0.1) is 11.3 Å². The Morgan fingerprint density at radius 1 is 1.28 bits per heavy atom. The van der Waals surface area contributed by atoms with Crippen molar-refractivity contribution in [3.05, 3.63) is 44.7 Å². The fourth-order valence-corrected chi connectivity index (χ4v) is 4.59. The van der Waals surface area contributed by atoms with Crippen LogP contribution in [0.3, 0.4) is 0 Å². The molecule has 1 aromatic heterocycles. The summed E-state index contributed by atoms with van der Waals surface area (Å²) in [5.74, 6) is -0.211. The molecular weight excluding hydrogens is 404 g/mol. The smallest absolute Gasteiger partial charge is 0.265 e. The summed E-state index contributed by atoms with van der Waals surface area (Å²) in [7, 11) is 0. The predicted molar refractivity (Wildman–Crippen MR) is 102 cm³/mol. The molecule has 0 unspecified atom stereocenters. The second-order valence-electron chi connectivity index (χ2n) is 5.96. The summed E-state index contributed by atoms with van der Waals surface area (Å²) in [5.41, 5.74) is 7.02. The molecule has 1 aliphatic carbocycles. The highest BCUT2D eigenvalue weighted by Gasteiger charge is 2.26. The molecule has 1 aliphatic rings. The summed E-state index contributed by atoms with van der Waals surface area (Å²) in [6.45, 7) is 1.67. The SMILES string of the molecule is C[C@H](Oc1ccccc1Br)C(=O)Nc1sc2c(c1C(N)=O)CCCC2. The first-order valence-electron chi connectivity index (χ1n) is 8.13. The standard InChI is InChI=1S/C18H19BrN2O3S/c1-10(24-13-8-4-3-7-12(13)19)17(23)21-18-15(16(20)22)11-6-2-5-9-14(11)25-18/h3-4,7-8,10H,2,5-6,9H2,1H3,(H2,20,22)(H,21,23)/t10-/m0/s1. The number of hydrogen-bond acceptors (Lipinski definition) is 4. The minimum atomic E-state index is -0.710. The van der Waals surface area contributed by atoms with Crippen molar-refractivity contribution in [3.63, 3.8) is 0 Å². The highest BCUT2D eigenvalue weighted by molar-refractivity contribution is 9.10. The molecule has 25 heavy (non-hydrogen) atoms. The number of anilines is 1. The zero-order chi connectivity index (χ0) is 18.0. The number of para-hydroxylation sites is 1. The third-order valence-corrected chi connectivity index (χ3v) is 6.03. The van der Waals surface area contributed by atoms with E-state index >= 15 is 0 Å². The molecule has 132 valence electrons. The molecule has 0 aliphatic heterocycles. The van der Waals surface area contributed by atoms with Crippen LogP contribution in [-0.2, 0) is 17.6 Å². The number of benzene rings is 1. The number of fused-ring (bicyclic) bond motifs is 1. The second-order valence-corrected chi connectivity index (χ2v) is 7.92. The molecule has 1 heterocycles. The van der Waals surface area contributed by atoms with Gasteiger partial charge >= 0.3 is 0 Å². The molecule has 5 nitrogen and oxygen atoms in total. The van der Waals surface area contributed by atoms with Crippen molar-refractivity contribution in [1.29, 1.82) is 0 Å². The Balaban J connectivity index is 1.77. The summed E-state index contributed by atoms with van der Waals surface area (Å²) in [6.07, 6.45) is 3.19. The summed E-state index contributed by atoms with van der Waals surface area (Å²) < 4.78 is 6.49. The number of carbonyl (C=O) groups is 2. The van der Waals surface area contributed by atoms with Gasteiger partial charge in [0.1, 0.15) is 10.8 Å². The first-order valence-corrected chi connectivity index (χ1v) is 9.74. The normalized spacial score (nSPS) is 14.5. The monoisotopic (exact) mass is 422 g/mol. The molecule has 0 radical (unpaired) electrons. The van der Waals surface area contributed by atoms with Crippen molar-refractivity contribution in [2.45, 2.75) is 38.7 Å². The van der Waals surface area contributed by atoms with Gasteiger partial charge in [0.25, 0.3) is 11.8 Å². The topological polar surface area (TPSA) is 81.4 Å². The van der Waals surface area contributed by atoms with Gasteiger partial charge in [-0.3, -0.25) is 9.59 Å². The number of hydrogen-bond donors (Lipinski definition) is 2. The Labute approximate surface area is 158 Å². The van der Waals surface area contributed by atoms with Crippen molar-refractivity contribution in [2.24, 2.45) is 5.73 Å². The van der Waals surface area contributed by atoms with E-state index in [1.165, 1.54) is 11.3 Å². The van der Waals surface area contributed by atoms with Crippen molar-refractivity contribution in [3.8, 4) is 5.75 Å². The van der Waals surface area contributed by atoms with Crippen molar-refractivity contribution in [1.82, 2.24) is 0 Å². The van der Waals surface area contributed by atoms with Gasteiger partial charge in [-0.2, -0.15) is 0 Å². The molecule has 0 spiro atoms. The second kappa shape index (κ2) is 7.58. The highest BCUT2D eigenvalue weighted by atomic mass is 79.9. The van der Waals surface area contributed by atoms with E-state index in [2.05, 4.69) is 21.2 Å². The molecule has 7 heteroatoms. The summed E-state index contributed by atoms with van der Waals surface area (Å²) >= 11 is 4.84. The van der Waals surface area contributed by atoms with Gasteiger partial charge in [0.15, 0.2) is 6.10 Å². The highest BCUT2D eigenvalue weighted by Crippen LogP contribution is 2.38. The van der Waals surface area contributed by atoms with Crippen LogP contribution in [0.25, 0.3) is 0 Å². The van der Waals surface area contributed by atoms with Crippen LogP contribution < -0.4 is 15.8 Å². The molecule has 0 fully saturated rings. The number of nitrogens with two attached hydrogens (primary N) is 1. The van der Waals surface area contributed by atoms with E-state index in [1.807, 2.05) is 18.2 Å². The largest absolute Gasteiger partial charge is 0.480 e. The van der Waals surface area contributed by atoms with Gasteiger partial charge in [-0.1, -0.05) is 12.1 Å². The van der Waals surface area contributed by atoms with Crippen LogP contribution >= 0.6 is 27.3 Å². The Morgan fingerprint density at radius 3 is 2.72 bits per heavy atom. The third-order valence-electron chi connectivity index (χ3n) is 4.16. The molecule has 2 aromatic rings. The maximum atomic E-state index is 12.5. The van der Waals surface area contributed by atoms with Gasteiger partial charge in [0.05, 0.1) is 10.0 Å². The number of nitrogens with one attached hydrogen (secondary N) is 1. The number of aryl methyl sites for hydroxylation is 1. The molecular formula is C18H19BrN2O3S. The quantitative estimate of drug-likeness (QED) is 0.766. The van der Waals surface area contributed by atoms with Crippen molar-refractivity contribution >= 4 is 44.1 Å². The van der Waals surface area contributed by atoms with Gasteiger partial charge in [0, 0.05) is 4.88 Å². The Bertz CT molecular complexity index is 819. The maximum absolute atomic E-state index is 12.5. The number of halogens is 1. The van der Waals surface area contributed by atoms with Gasteiger partial charge in [0.2, 0.25) is 0 Å². The van der Waals surface area contributed by atoms with Crippen LogP contribution in [-0.4, -0.2) is 17.9 Å². The number of primary amides is 1. The number of thiophene rings is 1. The van der Waals surface area contributed by atoms with Crippen LogP contribution in [0.2, 0.25) is 0 Å². The molecule has 3 N–H and O–H groups in total. The molecule has 0 saturated heterocycles. The lowest BCUT2D eigenvalue weighted by Crippen LogP contribution is -2.30. The van der Waals surface area contributed by atoms with E-state index in [-0.39, 0.29) is 5.91 Å². The van der Waals surface area contributed by atoms with Crippen LogP contribution in [0.5, 0.6) is 5.75 Å². The minimum Gasteiger partial charge on any atom is -0.480 e. The lowest BCUT2D eigenvalue weighted by Gasteiger charge is -2.15. The number of ether oxygens (including phenoxy) is 1. The van der Waals surface area contributed by atoms with Gasteiger partial charge in [-0.05, 0) is 66.2 Å². The average Bonchev–Trinajstić information content (AvgIpc) is 2.94. The van der Waals surface area contributed by atoms with E-state index in [0.717, 1.165) is 40.6 Å². The summed E-state index contributed by atoms with van der Waals surface area (Å²) in [4.78, 5) is 25.5. The summed E-state index contributed by atoms with van der Waals surface area (Å²) in [6, 6.07) is 7.34. The third kappa shape index (κ3) is 3.88. The van der Waals surface area contributed by atoms with E-state index in [0.29, 0.717) is 16.3 Å². The molecule has 1 aromatic carbocycles. The minimum absolute atomic E-state index is 0.308. The van der Waals surface area contributed by atoms with Crippen LogP contribution in [0.4, 0.5) is 5.00 Å². The van der Waals surface area contributed by atoms with Gasteiger partial charge in [-0.25, -0.2) is 0 Å². The van der Waals surface area contributed by atoms with Crippen LogP contribution in [0, 0.1) is 0 Å². The number of carbonyl (C=O) groups excluding carboxylic acids is 2. The molecule has 2 amide bonds. The fraction of sp³-hybridized carbons (Fsp3) is 0.333. The molecule has 0 bridgehead atoms. The Kier molecular flexibility index (Phi) is 5.44. The van der Waals surface area contributed by atoms with E-state index in [9.17, 15) is 9.59 Å². The van der Waals surface area contributed by atoms with E-state index in [4.69, 9.17) is 10.5 Å². The van der Waals surface area contributed by atoms with Crippen LogP contribution in [0.1, 0.15) is 40.6 Å². The van der Waals surface area contributed by atoms with Crippen molar-refractivity contribution < 1.29 is 14.3 Å². The molecule has 3 rings (SSSR count). The lowest BCUT2D eigenvalue weighted by atomic mass is 9.95. The number of rotatable bonds is 5. The Hall–Kier alpha value is -1.86. The van der Waals surface area contributed by atoms with Crippen LogP contribution in [0.15, 0.2) is 28.7 Å². The van der Waals surface area contributed by atoms with E-state index in [1.54, 1.807) is 13.0 Å². The maximum Gasteiger partial charge on any atom is 0.265 e. The Morgan fingerprint density at radius 2 is 2.00 bits per heavy atom. The zero-order valence-corrected chi connectivity index (χ0v) is 16.2. The lowest BCUT2D eigenvalue weighted by molar-refractivity contribution is -0.122. The summed E-state index contributed by atoms with van der Waals surface area (Å²) in [5, 5.41) is 3.36. The zero-order valence-electron chi connectivity index (χ0n) is 13.8. The van der Waals surface area contributed by atoms with Gasteiger partial charge < -0.3 is 15.8 Å². The first kappa shape index (κ1) is 17.9. The van der Waals surface area contributed by atoms with Crippen molar-refractivity contribution in [2.75, 3.05) is 5.32 Å². The average molecular weight is 423 g/mol. The first-order chi connectivity index (χ1) is 12.0. The molecule has 0 saturated carbocycles. The van der Waals surface area contributed by atoms with E-state index < -0.39 is 12.0 Å². The fourth-order valence-electron chi connectivity index (χ4n) is 2.91. The molecule has 1 atom stereocenters.